The van der Waals surface area contributed by atoms with Gasteiger partial charge in [0.2, 0.25) is 10.0 Å². The van der Waals surface area contributed by atoms with Crippen LogP contribution < -0.4 is 14.6 Å². The number of hydrogen-bond donors (Lipinski definition) is 1. The van der Waals surface area contributed by atoms with Crippen LogP contribution in [0.15, 0.2) is 77.6 Å². The lowest BCUT2D eigenvalue weighted by atomic mass is 10.0. The van der Waals surface area contributed by atoms with E-state index in [2.05, 4.69) is 15.0 Å². The van der Waals surface area contributed by atoms with Gasteiger partial charge in [-0.1, -0.05) is 41.6 Å². The van der Waals surface area contributed by atoms with Gasteiger partial charge in [-0.15, -0.1) is 18.3 Å². The molecule has 10 nitrogen and oxygen atoms in total. The Bertz CT molecular complexity index is 1660. The summed E-state index contributed by atoms with van der Waals surface area (Å²) >= 11 is 0. The number of sulfonamides is 1. The molecule has 4 aromatic rings. The molecule has 0 unspecified atom stereocenters. The van der Waals surface area contributed by atoms with Gasteiger partial charge in [0.25, 0.3) is 5.56 Å². The summed E-state index contributed by atoms with van der Waals surface area (Å²) < 4.78 is 68.2. The van der Waals surface area contributed by atoms with E-state index in [4.69, 9.17) is 0 Å². The van der Waals surface area contributed by atoms with Crippen molar-refractivity contribution in [2.75, 3.05) is 10.6 Å². The predicted octanol–water partition coefficient (Wildman–Crippen LogP) is 3.67. The zero-order valence-electron chi connectivity index (χ0n) is 20.2. The summed E-state index contributed by atoms with van der Waals surface area (Å²) in [6.45, 7) is -0.218. The van der Waals surface area contributed by atoms with Crippen LogP contribution in [0.1, 0.15) is 6.42 Å². The van der Waals surface area contributed by atoms with Crippen molar-refractivity contribution in [3.8, 4) is 16.9 Å². The first-order valence-corrected chi connectivity index (χ1v) is 13.2. The topological polar surface area (TPSA) is 132 Å². The SMILES string of the molecule is CS(=O)(=O)N(c1ccc(-c2ccc(OC(F)(F)F)cc2)cc1)[C@H](CCn1nnc2ccccc2c1=O)C(=O)O. The minimum Gasteiger partial charge on any atom is -0.480 e. The number of anilines is 1. The van der Waals surface area contributed by atoms with Gasteiger partial charge >= 0.3 is 12.3 Å². The van der Waals surface area contributed by atoms with Crippen molar-refractivity contribution in [2.24, 2.45) is 0 Å². The zero-order valence-corrected chi connectivity index (χ0v) is 21.1. The highest BCUT2D eigenvalue weighted by molar-refractivity contribution is 7.92. The van der Waals surface area contributed by atoms with Crippen molar-refractivity contribution in [3.63, 3.8) is 0 Å². The van der Waals surface area contributed by atoms with Gasteiger partial charge in [-0.2, -0.15) is 0 Å². The van der Waals surface area contributed by atoms with Crippen molar-refractivity contribution < 1.29 is 36.2 Å². The molecule has 1 heterocycles. The molecule has 0 bridgehead atoms. The molecular weight excluding hydrogens is 541 g/mol. The Labute approximate surface area is 219 Å². The third-order valence-corrected chi connectivity index (χ3v) is 6.89. The Kier molecular flexibility index (Phi) is 7.58. The van der Waals surface area contributed by atoms with Crippen molar-refractivity contribution in [2.45, 2.75) is 25.4 Å². The Morgan fingerprint density at radius 2 is 1.62 bits per heavy atom. The van der Waals surface area contributed by atoms with Gasteiger partial charge in [0, 0.05) is 6.54 Å². The number of nitrogens with zero attached hydrogens (tertiary/aromatic N) is 4. The number of hydrogen-bond acceptors (Lipinski definition) is 7. The zero-order chi connectivity index (χ0) is 28.4. The summed E-state index contributed by atoms with van der Waals surface area (Å²) in [7, 11) is -4.11. The number of aliphatic carboxylic acids is 1. The molecular formula is C25H21F3N4O6S. The Morgan fingerprint density at radius 1 is 1.03 bits per heavy atom. The number of carboxylic acids is 1. The average molecular weight is 563 g/mol. The van der Waals surface area contributed by atoms with E-state index in [1.165, 1.54) is 36.4 Å². The summed E-state index contributed by atoms with van der Waals surface area (Å²) in [6.07, 6.45) is -4.26. The van der Waals surface area contributed by atoms with Crippen LogP contribution in [0, 0.1) is 0 Å². The molecule has 204 valence electrons. The van der Waals surface area contributed by atoms with Gasteiger partial charge in [0.1, 0.15) is 17.3 Å². The number of ether oxygens (including phenoxy) is 1. The van der Waals surface area contributed by atoms with Crippen LogP contribution in [0.2, 0.25) is 0 Å². The fourth-order valence-electron chi connectivity index (χ4n) is 4.01. The van der Waals surface area contributed by atoms with Gasteiger partial charge in [-0.25, -0.2) is 17.9 Å². The summed E-state index contributed by atoms with van der Waals surface area (Å²) in [5.41, 5.74) is 0.977. The number of fused-ring (bicyclic) bond motifs is 1. The van der Waals surface area contributed by atoms with Gasteiger partial charge in [-0.3, -0.25) is 9.10 Å². The minimum absolute atomic E-state index is 0.0441. The maximum atomic E-state index is 12.7. The van der Waals surface area contributed by atoms with Crippen LogP contribution in [0.3, 0.4) is 0 Å². The molecule has 1 atom stereocenters. The Balaban J connectivity index is 1.59. The number of aryl methyl sites for hydroxylation is 1. The van der Waals surface area contributed by atoms with Gasteiger partial charge in [-0.05, 0) is 53.9 Å². The largest absolute Gasteiger partial charge is 0.573 e. The molecule has 0 aliphatic heterocycles. The van der Waals surface area contributed by atoms with Crippen molar-refractivity contribution in [1.29, 1.82) is 0 Å². The van der Waals surface area contributed by atoms with Crippen molar-refractivity contribution in [3.05, 3.63) is 83.2 Å². The highest BCUT2D eigenvalue weighted by Crippen LogP contribution is 2.29. The molecule has 1 N–H and O–H groups in total. The normalized spacial score (nSPS) is 12.7. The summed E-state index contributed by atoms with van der Waals surface area (Å²) in [6, 6.07) is 15.8. The minimum atomic E-state index is -4.83. The number of halogens is 3. The van der Waals surface area contributed by atoms with E-state index < -0.39 is 39.7 Å². The molecule has 1 aromatic heterocycles. The molecule has 0 saturated carbocycles. The van der Waals surface area contributed by atoms with E-state index in [0.29, 0.717) is 16.6 Å². The average Bonchev–Trinajstić information content (AvgIpc) is 2.86. The van der Waals surface area contributed by atoms with E-state index in [-0.39, 0.29) is 24.0 Å². The molecule has 0 amide bonds. The third kappa shape index (κ3) is 6.52. The first-order chi connectivity index (χ1) is 18.3. The van der Waals surface area contributed by atoms with Crippen LogP contribution in [0.25, 0.3) is 22.0 Å². The molecule has 4 rings (SSSR count). The van der Waals surface area contributed by atoms with Gasteiger partial charge in [0.15, 0.2) is 0 Å². The molecule has 14 heteroatoms. The molecule has 0 fully saturated rings. The number of rotatable bonds is 9. The Morgan fingerprint density at radius 3 is 2.18 bits per heavy atom. The van der Waals surface area contributed by atoms with Crippen LogP contribution in [0.5, 0.6) is 5.75 Å². The van der Waals surface area contributed by atoms with E-state index in [1.54, 1.807) is 24.3 Å². The molecule has 0 radical (unpaired) electrons. The quantitative estimate of drug-likeness (QED) is 0.327. The molecule has 39 heavy (non-hydrogen) atoms. The van der Waals surface area contributed by atoms with Gasteiger partial charge in [0.05, 0.1) is 17.3 Å². The predicted molar refractivity (Wildman–Crippen MR) is 136 cm³/mol. The smallest absolute Gasteiger partial charge is 0.480 e. The highest BCUT2D eigenvalue weighted by atomic mass is 32.2. The molecule has 0 aliphatic rings. The van der Waals surface area contributed by atoms with E-state index >= 15 is 0 Å². The number of aromatic nitrogens is 3. The second-order valence-electron chi connectivity index (χ2n) is 8.46. The first-order valence-electron chi connectivity index (χ1n) is 11.3. The fraction of sp³-hybridized carbons (Fsp3) is 0.200. The van der Waals surface area contributed by atoms with E-state index in [0.717, 1.165) is 27.4 Å². The van der Waals surface area contributed by atoms with Crippen LogP contribution in [0.4, 0.5) is 18.9 Å². The lowest BCUT2D eigenvalue weighted by Gasteiger charge is -2.29. The van der Waals surface area contributed by atoms with Crippen molar-refractivity contribution in [1.82, 2.24) is 15.0 Å². The van der Waals surface area contributed by atoms with Crippen LogP contribution in [-0.2, 0) is 21.4 Å². The van der Waals surface area contributed by atoms with Crippen LogP contribution >= 0.6 is 0 Å². The standard InChI is InChI=1S/C25H21F3N4O6S/c1-39(36,37)32(18-10-6-16(7-11-18)17-8-12-19(13-9-17)38-25(26,27)28)22(24(34)35)14-15-31-23(33)20-4-2-3-5-21(20)29-30-31/h2-13,22H,14-15H2,1H3,(H,34,35)/t22-/m1/s1. The maximum Gasteiger partial charge on any atom is 0.573 e. The molecule has 3 aromatic carbocycles. The van der Waals surface area contributed by atoms with Crippen LogP contribution in [-0.4, -0.2) is 53.1 Å². The third-order valence-electron chi connectivity index (χ3n) is 5.71. The molecule has 0 saturated heterocycles. The van der Waals surface area contributed by atoms with Crippen molar-refractivity contribution >= 4 is 32.6 Å². The number of carbonyl (C=O) groups is 1. The number of benzene rings is 3. The maximum absolute atomic E-state index is 12.7. The van der Waals surface area contributed by atoms with E-state index in [1.807, 2.05) is 0 Å². The molecule has 0 spiro atoms. The number of carboxylic acid groups (broad SMARTS) is 1. The molecule has 0 aliphatic carbocycles. The second kappa shape index (κ2) is 10.7. The fourth-order valence-corrected chi connectivity index (χ4v) is 5.17. The van der Waals surface area contributed by atoms with Gasteiger partial charge < -0.3 is 9.84 Å². The second-order valence-corrected chi connectivity index (χ2v) is 10.3. The highest BCUT2D eigenvalue weighted by Gasteiger charge is 2.33. The number of alkyl halides is 3. The summed E-state index contributed by atoms with van der Waals surface area (Å²) in [4.78, 5) is 24.9. The Hall–Kier alpha value is -4.46. The lowest BCUT2D eigenvalue weighted by Crippen LogP contribution is -2.46. The monoisotopic (exact) mass is 562 g/mol. The lowest BCUT2D eigenvalue weighted by molar-refractivity contribution is -0.274. The van der Waals surface area contributed by atoms with E-state index in [9.17, 15) is 36.3 Å². The summed E-state index contributed by atoms with van der Waals surface area (Å²) in [5.74, 6) is -1.84. The summed E-state index contributed by atoms with van der Waals surface area (Å²) in [5, 5.41) is 18.0. The first kappa shape index (κ1) is 27.6.